The summed E-state index contributed by atoms with van der Waals surface area (Å²) in [6, 6.07) is 0. The fourth-order valence-corrected chi connectivity index (χ4v) is 10.6. The summed E-state index contributed by atoms with van der Waals surface area (Å²) in [5.41, 5.74) is 0. The predicted molar refractivity (Wildman–Crippen MR) is 321 cm³/mol. The van der Waals surface area contributed by atoms with Crippen molar-refractivity contribution in [3.05, 3.63) is 0 Å². The topological polar surface area (TPSA) is 237 Å². The molecule has 0 aromatic heterocycles. The molecule has 0 aliphatic carbocycles. The largest absolute Gasteiger partial charge is 0.472 e. The number of unbranched alkanes of at least 4 members (excludes halogenated alkanes) is 24. The number of phosphoric acid groups is 2. The summed E-state index contributed by atoms with van der Waals surface area (Å²) >= 11 is 0. The highest BCUT2D eigenvalue weighted by atomic mass is 31.2. The van der Waals surface area contributed by atoms with Crippen molar-refractivity contribution >= 4 is 39.5 Å². The van der Waals surface area contributed by atoms with Crippen LogP contribution >= 0.6 is 15.6 Å². The van der Waals surface area contributed by atoms with Gasteiger partial charge in [0, 0.05) is 25.7 Å². The first-order chi connectivity index (χ1) is 38.6. The van der Waals surface area contributed by atoms with Crippen molar-refractivity contribution < 1.29 is 80.2 Å². The first kappa shape index (κ1) is 79.1. The van der Waals surface area contributed by atoms with E-state index in [9.17, 15) is 43.2 Å². The number of hydrogen-bond donors (Lipinski definition) is 3. The van der Waals surface area contributed by atoms with E-state index < -0.39 is 97.5 Å². The molecule has 81 heavy (non-hydrogen) atoms. The summed E-state index contributed by atoms with van der Waals surface area (Å²) in [6.07, 6.45) is 31.0. The fraction of sp³-hybridized carbons (Fsp3) is 0.935. The van der Waals surface area contributed by atoms with Crippen LogP contribution in [-0.4, -0.2) is 96.7 Å². The van der Waals surface area contributed by atoms with E-state index >= 15 is 0 Å². The average Bonchev–Trinajstić information content (AvgIpc) is 3.41. The van der Waals surface area contributed by atoms with Crippen LogP contribution in [0.5, 0.6) is 0 Å². The second kappa shape index (κ2) is 52.4. The number of esters is 4. The van der Waals surface area contributed by atoms with E-state index in [1.165, 1.54) is 83.5 Å². The molecule has 0 aliphatic rings. The molecular formula is C62H120O17P2. The first-order valence-electron chi connectivity index (χ1n) is 32.2. The van der Waals surface area contributed by atoms with Gasteiger partial charge in [-0.3, -0.25) is 37.3 Å². The Labute approximate surface area is 492 Å². The Morgan fingerprint density at radius 2 is 0.593 bits per heavy atom. The molecule has 0 saturated carbocycles. The van der Waals surface area contributed by atoms with Crippen molar-refractivity contribution in [3.8, 4) is 0 Å². The smallest absolute Gasteiger partial charge is 0.462 e. The van der Waals surface area contributed by atoms with Gasteiger partial charge in [-0.1, -0.05) is 242 Å². The second-order valence-electron chi connectivity index (χ2n) is 24.1. The maximum absolute atomic E-state index is 12.9. The lowest BCUT2D eigenvalue weighted by molar-refractivity contribution is -0.161. The molecule has 0 aliphatic heterocycles. The van der Waals surface area contributed by atoms with Crippen LogP contribution in [-0.2, 0) is 65.4 Å². The quantitative estimate of drug-likeness (QED) is 0.0222. The molecule has 0 amide bonds. The SMILES string of the molecule is CCC(C)CCCCCCCCC(=O)OC[C@H](COP(=O)(O)OCC(O)COP(=O)(O)OC[C@@H](COC(=O)CCCCCCCCCC(C)C)OC(=O)CCCCCCCCCCCC(C)C)OC(=O)CCCCCCCCC(C)C. The number of aliphatic hydroxyl groups excluding tert-OH is 1. The van der Waals surface area contributed by atoms with Gasteiger partial charge in [0.1, 0.15) is 19.3 Å². The van der Waals surface area contributed by atoms with Gasteiger partial charge in [-0.15, -0.1) is 0 Å². The second-order valence-corrected chi connectivity index (χ2v) is 27.0. The van der Waals surface area contributed by atoms with E-state index in [-0.39, 0.29) is 25.7 Å². The summed E-state index contributed by atoms with van der Waals surface area (Å²) in [6.45, 7) is 13.9. The van der Waals surface area contributed by atoms with Gasteiger partial charge in [-0.2, -0.15) is 0 Å². The van der Waals surface area contributed by atoms with Gasteiger partial charge in [0.05, 0.1) is 26.4 Å². The number of aliphatic hydroxyl groups is 1. The fourth-order valence-electron chi connectivity index (χ4n) is 9.04. The first-order valence-corrected chi connectivity index (χ1v) is 35.2. The van der Waals surface area contributed by atoms with Gasteiger partial charge in [0.2, 0.25) is 0 Å². The van der Waals surface area contributed by atoms with Crippen molar-refractivity contribution in [2.45, 2.75) is 311 Å². The summed E-state index contributed by atoms with van der Waals surface area (Å²) < 4.78 is 67.9. The van der Waals surface area contributed by atoms with Crippen LogP contribution < -0.4 is 0 Å². The number of ether oxygens (including phenoxy) is 4. The highest BCUT2D eigenvalue weighted by Gasteiger charge is 2.30. The Kier molecular flexibility index (Phi) is 51.1. The molecule has 480 valence electrons. The summed E-state index contributed by atoms with van der Waals surface area (Å²) in [7, 11) is -9.88. The Morgan fingerprint density at radius 1 is 0.346 bits per heavy atom. The van der Waals surface area contributed by atoms with Gasteiger partial charge < -0.3 is 33.8 Å². The molecule has 0 heterocycles. The molecule has 3 N–H and O–H groups in total. The maximum Gasteiger partial charge on any atom is 0.472 e. The van der Waals surface area contributed by atoms with Crippen molar-refractivity contribution in [1.82, 2.24) is 0 Å². The summed E-state index contributed by atoms with van der Waals surface area (Å²) in [4.78, 5) is 72.1. The number of carbonyl (C=O) groups excluding carboxylic acids is 4. The van der Waals surface area contributed by atoms with Crippen LogP contribution in [0.25, 0.3) is 0 Å². The minimum atomic E-state index is -4.94. The third-order valence-corrected chi connectivity index (χ3v) is 16.3. The molecule has 0 radical (unpaired) electrons. The van der Waals surface area contributed by atoms with Crippen LogP contribution in [0.1, 0.15) is 293 Å². The Bertz CT molecular complexity index is 1630. The molecule has 0 aromatic rings. The van der Waals surface area contributed by atoms with Crippen LogP contribution in [0.3, 0.4) is 0 Å². The highest BCUT2D eigenvalue weighted by Crippen LogP contribution is 2.45. The molecule has 0 bridgehead atoms. The molecule has 0 fully saturated rings. The average molecular weight is 1200 g/mol. The zero-order chi connectivity index (χ0) is 60.4. The zero-order valence-corrected chi connectivity index (χ0v) is 54.2. The third kappa shape index (κ3) is 55.7. The molecule has 0 rings (SSSR count). The maximum atomic E-state index is 12.9. The molecule has 17 nitrogen and oxygen atoms in total. The normalized spacial score (nSPS) is 14.8. The van der Waals surface area contributed by atoms with E-state index in [1.807, 2.05) is 0 Å². The van der Waals surface area contributed by atoms with Crippen LogP contribution in [0.2, 0.25) is 0 Å². The predicted octanol–water partition coefficient (Wildman–Crippen LogP) is 16.6. The number of carbonyl (C=O) groups is 4. The Hall–Kier alpha value is -1.94. The van der Waals surface area contributed by atoms with E-state index in [0.29, 0.717) is 37.5 Å². The van der Waals surface area contributed by atoms with Crippen LogP contribution in [0.4, 0.5) is 0 Å². The van der Waals surface area contributed by atoms with Crippen molar-refractivity contribution in [1.29, 1.82) is 0 Å². The number of rotatable bonds is 59. The monoisotopic (exact) mass is 1200 g/mol. The third-order valence-electron chi connectivity index (χ3n) is 14.4. The van der Waals surface area contributed by atoms with E-state index in [2.05, 4.69) is 55.4 Å². The lowest BCUT2D eigenvalue weighted by atomic mass is 10.00. The van der Waals surface area contributed by atoms with Gasteiger partial charge in [0.25, 0.3) is 0 Å². The van der Waals surface area contributed by atoms with Crippen molar-refractivity contribution in [2.75, 3.05) is 39.6 Å². The van der Waals surface area contributed by atoms with Gasteiger partial charge in [0.15, 0.2) is 12.2 Å². The van der Waals surface area contributed by atoms with E-state index in [1.54, 1.807) is 0 Å². The number of hydrogen-bond acceptors (Lipinski definition) is 15. The lowest BCUT2D eigenvalue weighted by Crippen LogP contribution is -2.30. The van der Waals surface area contributed by atoms with Gasteiger partial charge in [-0.25, -0.2) is 9.13 Å². The molecule has 4 unspecified atom stereocenters. The van der Waals surface area contributed by atoms with Gasteiger partial charge in [-0.05, 0) is 49.4 Å². The Balaban J connectivity index is 5.25. The van der Waals surface area contributed by atoms with E-state index in [0.717, 1.165) is 115 Å². The summed E-state index contributed by atoms with van der Waals surface area (Å²) in [5.74, 6) is 0.695. The highest BCUT2D eigenvalue weighted by molar-refractivity contribution is 7.47. The van der Waals surface area contributed by atoms with Crippen LogP contribution in [0, 0.1) is 23.7 Å². The standard InChI is InChI=1S/C62H120O17P2/c1-9-55(8)41-33-25-19-21-27-35-43-60(65)73-49-58(79-62(67)45-37-29-20-18-24-32-40-54(6)7)51-77-81(70,71)75-47-56(63)46-74-80(68,69)76-50-57(48-72-59(64)42-34-26-17-13-15-23-31-39-53(4)5)78-61(66)44-36-28-16-12-10-11-14-22-30-38-52(2)3/h52-58,63H,9-51H2,1-8H3,(H,68,69)(H,70,71)/t55?,56?,57-,58-/m1/s1. The summed E-state index contributed by atoms with van der Waals surface area (Å²) in [5, 5.41) is 10.5. The van der Waals surface area contributed by atoms with E-state index in [4.69, 9.17) is 37.0 Å². The molecule has 0 spiro atoms. The number of phosphoric ester groups is 2. The minimum absolute atomic E-state index is 0.100. The minimum Gasteiger partial charge on any atom is -0.462 e. The molecule has 6 atom stereocenters. The molecule has 0 saturated heterocycles. The van der Waals surface area contributed by atoms with Crippen molar-refractivity contribution in [3.63, 3.8) is 0 Å². The zero-order valence-electron chi connectivity index (χ0n) is 52.4. The van der Waals surface area contributed by atoms with Crippen molar-refractivity contribution in [2.24, 2.45) is 23.7 Å². The molecular weight excluding hydrogens is 1080 g/mol. The lowest BCUT2D eigenvalue weighted by Gasteiger charge is -2.21. The van der Waals surface area contributed by atoms with Gasteiger partial charge >= 0.3 is 39.5 Å². The Morgan fingerprint density at radius 3 is 0.877 bits per heavy atom. The molecule has 19 heteroatoms. The molecule has 0 aromatic carbocycles. The van der Waals surface area contributed by atoms with Crippen LogP contribution in [0.15, 0.2) is 0 Å².